The van der Waals surface area contributed by atoms with Crippen molar-refractivity contribution in [1.82, 2.24) is 15.5 Å². The summed E-state index contributed by atoms with van der Waals surface area (Å²) in [7, 11) is 1.80. The lowest BCUT2D eigenvalue weighted by molar-refractivity contribution is 0.128. The zero-order chi connectivity index (χ0) is 17.9. The summed E-state index contributed by atoms with van der Waals surface area (Å²) in [6.45, 7) is 9.73. The van der Waals surface area contributed by atoms with E-state index in [-0.39, 0.29) is 6.04 Å². The normalized spacial score (nSPS) is 17.2. The molecule has 1 unspecified atom stereocenters. The molecule has 0 bridgehead atoms. The predicted molar refractivity (Wildman–Crippen MR) is 102 cm³/mol. The van der Waals surface area contributed by atoms with Crippen molar-refractivity contribution in [3.8, 4) is 0 Å². The van der Waals surface area contributed by atoms with Crippen molar-refractivity contribution in [2.75, 3.05) is 46.4 Å². The number of hydrogen-bond donors (Lipinski definition) is 2. The number of furan rings is 1. The van der Waals surface area contributed by atoms with Gasteiger partial charge in [-0.1, -0.05) is 13.8 Å². The molecule has 25 heavy (non-hydrogen) atoms. The maximum atomic E-state index is 5.66. The Morgan fingerprint density at radius 1 is 1.28 bits per heavy atom. The number of nitrogens with zero attached hydrogens (tertiary/aromatic N) is 2. The Hall–Kier alpha value is -1.53. The molecule has 1 aromatic heterocycles. The van der Waals surface area contributed by atoms with E-state index in [0.717, 1.165) is 50.9 Å². The van der Waals surface area contributed by atoms with Crippen LogP contribution in [0, 0.1) is 5.92 Å². The fourth-order valence-corrected chi connectivity index (χ4v) is 3.02. The molecular weight excluding hydrogens is 316 g/mol. The number of hydrogen-bond acceptors (Lipinski definition) is 4. The number of rotatable bonds is 10. The van der Waals surface area contributed by atoms with Gasteiger partial charge in [-0.15, -0.1) is 0 Å². The van der Waals surface area contributed by atoms with E-state index in [9.17, 15) is 0 Å². The van der Waals surface area contributed by atoms with Gasteiger partial charge in [-0.25, -0.2) is 0 Å². The summed E-state index contributed by atoms with van der Waals surface area (Å²) >= 11 is 0. The number of guanidine groups is 1. The highest BCUT2D eigenvalue weighted by Crippen LogP contribution is 2.24. The molecule has 6 heteroatoms. The summed E-state index contributed by atoms with van der Waals surface area (Å²) in [6.07, 6.45) is 5.38. The molecule has 0 radical (unpaired) electrons. The van der Waals surface area contributed by atoms with Crippen LogP contribution in [0.4, 0.5) is 0 Å². The second-order valence-electron chi connectivity index (χ2n) is 6.95. The monoisotopic (exact) mass is 350 g/mol. The average molecular weight is 351 g/mol. The fraction of sp³-hybridized carbons (Fsp3) is 0.737. The molecule has 142 valence electrons. The maximum absolute atomic E-state index is 5.66. The molecule has 0 spiro atoms. The van der Waals surface area contributed by atoms with Crippen LogP contribution in [-0.4, -0.2) is 57.3 Å². The second-order valence-corrected chi connectivity index (χ2v) is 6.95. The van der Waals surface area contributed by atoms with Gasteiger partial charge >= 0.3 is 0 Å². The van der Waals surface area contributed by atoms with Crippen LogP contribution in [0.25, 0.3) is 0 Å². The fourth-order valence-electron chi connectivity index (χ4n) is 3.02. The molecule has 1 fully saturated rings. The first-order valence-electron chi connectivity index (χ1n) is 9.50. The van der Waals surface area contributed by atoms with E-state index in [1.165, 1.54) is 12.8 Å². The molecule has 2 N–H and O–H groups in total. The first kappa shape index (κ1) is 19.8. The molecule has 0 saturated carbocycles. The van der Waals surface area contributed by atoms with Gasteiger partial charge in [-0.3, -0.25) is 9.89 Å². The van der Waals surface area contributed by atoms with Crippen LogP contribution >= 0.6 is 0 Å². The molecule has 0 amide bonds. The maximum Gasteiger partial charge on any atom is 0.191 e. The summed E-state index contributed by atoms with van der Waals surface area (Å²) in [5.74, 6) is 2.51. The predicted octanol–water partition coefficient (Wildman–Crippen LogP) is 2.64. The lowest BCUT2D eigenvalue weighted by Gasteiger charge is -2.26. The van der Waals surface area contributed by atoms with Gasteiger partial charge in [0, 0.05) is 26.7 Å². The van der Waals surface area contributed by atoms with Crippen LogP contribution in [0.5, 0.6) is 0 Å². The van der Waals surface area contributed by atoms with E-state index in [4.69, 9.17) is 9.15 Å². The van der Waals surface area contributed by atoms with E-state index in [1.807, 2.05) is 6.07 Å². The minimum absolute atomic E-state index is 0.248. The SMILES string of the molecule is CN=C(NCCOCCC(C)C)NCC(c1ccco1)N1CCCC1. The van der Waals surface area contributed by atoms with Crippen molar-refractivity contribution in [3.63, 3.8) is 0 Å². The smallest absolute Gasteiger partial charge is 0.191 e. The number of aliphatic imine (C=N–C) groups is 1. The van der Waals surface area contributed by atoms with Crippen LogP contribution < -0.4 is 10.6 Å². The van der Waals surface area contributed by atoms with Gasteiger partial charge in [0.15, 0.2) is 5.96 Å². The first-order chi connectivity index (χ1) is 12.2. The van der Waals surface area contributed by atoms with Gasteiger partial charge in [-0.05, 0) is 50.4 Å². The topological polar surface area (TPSA) is 62.0 Å². The van der Waals surface area contributed by atoms with Crippen molar-refractivity contribution in [2.45, 2.75) is 39.2 Å². The van der Waals surface area contributed by atoms with Crippen molar-refractivity contribution in [1.29, 1.82) is 0 Å². The zero-order valence-electron chi connectivity index (χ0n) is 16.0. The van der Waals surface area contributed by atoms with E-state index in [0.29, 0.717) is 12.5 Å². The van der Waals surface area contributed by atoms with Crippen molar-refractivity contribution < 1.29 is 9.15 Å². The van der Waals surface area contributed by atoms with Crippen LogP contribution in [0.15, 0.2) is 27.8 Å². The minimum Gasteiger partial charge on any atom is -0.468 e. The molecule has 1 aliphatic heterocycles. The first-order valence-corrected chi connectivity index (χ1v) is 9.50. The summed E-state index contributed by atoms with van der Waals surface area (Å²) in [5.41, 5.74) is 0. The highest BCUT2D eigenvalue weighted by molar-refractivity contribution is 5.79. The lowest BCUT2D eigenvalue weighted by Crippen LogP contribution is -2.43. The van der Waals surface area contributed by atoms with Crippen molar-refractivity contribution >= 4 is 5.96 Å². The quantitative estimate of drug-likeness (QED) is 0.386. The molecule has 1 aliphatic rings. The van der Waals surface area contributed by atoms with Gasteiger partial charge in [0.2, 0.25) is 0 Å². The van der Waals surface area contributed by atoms with Crippen LogP contribution in [-0.2, 0) is 4.74 Å². The molecule has 2 heterocycles. The van der Waals surface area contributed by atoms with Crippen LogP contribution in [0.2, 0.25) is 0 Å². The summed E-state index contributed by atoms with van der Waals surface area (Å²) in [5, 5.41) is 6.74. The molecule has 0 aromatic carbocycles. The van der Waals surface area contributed by atoms with E-state index in [1.54, 1.807) is 13.3 Å². The van der Waals surface area contributed by atoms with Gasteiger partial charge in [0.1, 0.15) is 5.76 Å². The summed E-state index contributed by atoms with van der Waals surface area (Å²) in [4.78, 5) is 6.78. The standard InChI is InChI=1S/C19H34N4O2/c1-16(2)8-13-24-14-9-21-19(20-3)22-15-17(18-7-6-12-25-18)23-10-4-5-11-23/h6-7,12,16-17H,4-5,8-11,13-15H2,1-3H3,(H2,20,21,22). The van der Waals surface area contributed by atoms with Gasteiger partial charge in [-0.2, -0.15) is 0 Å². The summed E-state index contributed by atoms with van der Waals surface area (Å²) in [6, 6.07) is 4.27. The van der Waals surface area contributed by atoms with E-state index < -0.39 is 0 Å². The van der Waals surface area contributed by atoms with E-state index in [2.05, 4.69) is 40.4 Å². The van der Waals surface area contributed by atoms with Crippen LogP contribution in [0.3, 0.4) is 0 Å². The molecule has 1 saturated heterocycles. The third-order valence-corrected chi connectivity index (χ3v) is 4.52. The third kappa shape index (κ3) is 7.08. The van der Waals surface area contributed by atoms with Crippen molar-refractivity contribution in [3.05, 3.63) is 24.2 Å². The minimum atomic E-state index is 0.248. The van der Waals surface area contributed by atoms with E-state index >= 15 is 0 Å². The average Bonchev–Trinajstić information content (AvgIpc) is 3.30. The third-order valence-electron chi connectivity index (χ3n) is 4.52. The van der Waals surface area contributed by atoms with Gasteiger partial charge in [0.05, 0.1) is 18.9 Å². The Morgan fingerprint density at radius 2 is 2.08 bits per heavy atom. The van der Waals surface area contributed by atoms with Gasteiger partial charge in [0.25, 0.3) is 0 Å². The zero-order valence-corrected chi connectivity index (χ0v) is 16.0. The molecule has 6 nitrogen and oxygen atoms in total. The van der Waals surface area contributed by atoms with Crippen LogP contribution in [0.1, 0.15) is 44.9 Å². The Kier molecular flexibility index (Phi) is 8.83. The van der Waals surface area contributed by atoms with Crippen molar-refractivity contribution in [2.24, 2.45) is 10.9 Å². The number of ether oxygens (including phenoxy) is 1. The number of nitrogens with one attached hydrogen (secondary N) is 2. The largest absolute Gasteiger partial charge is 0.468 e. The Bertz CT molecular complexity index is 482. The Balaban J connectivity index is 1.72. The Labute approximate surface area is 152 Å². The highest BCUT2D eigenvalue weighted by atomic mass is 16.5. The Morgan fingerprint density at radius 3 is 2.72 bits per heavy atom. The van der Waals surface area contributed by atoms with Gasteiger partial charge < -0.3 is 19.8 Å². The number of likely N-dealkylation sites (tertiary alicyclic amines) is 1. The molecular formula is C19H34N4O2. The second kappa shape index (κ2) is 11.2. The molecule has 1 aromatic rings. The lowest BCUT2D eigenvalue weighted by atomic mass is 10.1. The molecule has 0 aliphatic carbocycles. The highest BCUT2D eigenvalue weighted by Gasteiger charge is 2.25. The molecule has 1 atom stereocenters. The molecule has 2 rings (SSSR count). The summed E-state index contributed by atoms with van der Waals surface area (Å²) < 4.78 is 11.3.